The highest BCUT2D eigenvalue weighted by Crippen LogP contribution is 2.27. The third-order valence-electron chi connectivity index (χ3n) is 5.79. The lowest BCUT2D eigenvalue weighted by Crippen LogP contribution is -2.47. The van der Waals surface area contributed by atoms with E-state index < -0.39 is 29.4 Å². The predicted octanol–water partition coefficient (Wildman–Crippen LogP) is 2.51. The van der Waals surface area contributed by atoms with Crippen LogP contribution >= 0.6 is 0 Å². The van der Waals surface area contributed by atoms with Gasteiger partial charge in [0.25, 0.3) is 5.56 Å². The molecule has 2 aromatic rings. The average molecular weight is 454 g/mol. The second kappa shape index (κ2) is 10.4. The molecule has 0 bridgehead atoms. The highest BCUT2D eigenvalue weighted by Gasteiger charge is 2.38. The Kier molecular flexibility index (Phi) is 7.89. The summed E-state index contributed by atoms with van der Waals surface area (Å²) < 4.78 is 40.9. The smallest absolute Gasteiger partial charge is 0.354 e. The van der Waals surface area contributed by atoms with Crippen molar-refractivity contribution < 1.29 is 18.0 Å². The highest BCUT2D eigenvalue weighted by molar-refractivity contribution is 5.83. The molecule has 10 heteroatoms. The molecule has 0 aliphatic carbocycles. The van der Waals surface area contributed by atoms with E-state index in [1.165, 1.54) is 25.1 Å². The van der Waals surface area contributed by atoms with Crippen LogP contribution in [0.25, 0.3) is 11.0 Å². The number of carbonyl (C=O) groups is 1. The maximum absolute atomic E-state index is 13.3. The van der Waals surface area contributed by atoms with Crippen LogP contribution in [0, 0.1) is 0 Å². The second-order valence-electron chi connectivity index (χ2n) is 8.13. The molecule has 0 radical (unpaired) electrons. The van der Waals surface area contributed by atoms with Crippen molar-refractivity contribution in [1.82, 2.24) is 24.7 Å². The summed E-state index contributed by atoms with van der Waals surface area (Å²) in [6.45, 7) is 9.99. The van der Waals surface area contributed by atoms with Gasteiger partial charge in [0.2, 0.25) is 11.6 Å². The molecule has 2 heterocycles. The second-order valence-corrected chi connectivity index (χ2v) is 8.13. The Morgan fingerprint density at radius 2 is 1.75 bits per heavy atom. The van der Waals surface area contributed by atoms with Crippen LogP contribution in [0.15, 0.2) is 29.1 Å². The number of hydrogen-bond donors (Lipinski definition) is 1. The van der Waals surface area contributed by atoms with Gasteiger partial charge in [0, 0.05) is 32.7 Å². The van der Waals surface area contributed by atoms with Gasteiger partial charge in [-0.05, 0) is 45.0 Å². The van der Waals surface area contributed by atoms with Gasteiger partial charge < -0.3 is 15.1 Å². The first-order chi connectivity index (χ1) is 15.2. The molecule has 1 aliphatic rings. The molecule has 1 saturated heterocycles. The summed E-state index contributed by atoms with van der Waals surface area (Å²) in [5.74, 6) is -0.496. The molecular formula is C22H30F3N5O2. The fourth-order valence-electron chi connectivity index (χ4n) is 4.06. The summed E-state index contributed by atoms with van der Waals surface area (Å²) in [5.41, 5.74) is -2.62. The van der Waals surface area contributed by atoms with E-state index in [1.54, 1.807) is 6.07 Å². The topological polar surface area (TPSA) is 70.5 Å². The van der Waals surface area contributed by atoms with Crippen LogP contribution in [-0.2, 0) is 11.0 Å². The van der Waals surface area contributed by atoms with E-state index in [2.05, 4.69) is 27.0 Å². The molecule has 0 spiro atoms. The number of hydrogen-bond acceptors (Lipinski definition) is 5. The summed E-state index contributed by atoms with van der Waals surface area (Å²) >= 11 is 0. The molecule has 1 aromatic carbocycles. The van der Waals surface area contributed by atoms with Crippen LogP contribution in [0.3, 0.4) is 0 Å². The third kappa shape index (κ3) is 5.66. The first-order valence-electron chi connectivity index (χ1n) is 11.0. The summed E-state index contributed by atoms with van der Waals surface area (Å²) in [6.07, 6.45) is -3.03. The summed E-state index contributed by atoms with van der Waals surface area (Å²) in [5, 5.41) is 2.76. The van der Waals surface area contributed by atoms with E-state index >= 15 is 0 Å². The van der Waals surface area contributed by atoms with Crippen LogP contribution < -0.4 is 10.9 Å². The molecular weight excluding hydrogens is 423 g/mol. The van der Waals surface area contributed by atoms with Crippen molar-refractivity contribution >= 4 is 16.9 Å². The molecule has 1 N–H and O–H groups in total. The van der Waals surface area contributed by atoms with E-state index in [-0.39, 0.29) is 11.0 Å². The van der Waals surface area contributed by atoms with Gasteiger partial charge in [-0.1, -0.05) is 19.1 Å². The first kappa shape index (κ1) is 24.2. The Bertz CT molecular complexity index is 984. The largest absolute Gasteiger partial charge is 0.438 e. The molecule has 32 heavy (non-hydrogen) atoms. The maximum atomic E-state index is 13.3. The zero-order chi connectivity index (χ0) is 23.3. The number of piperazine rings is 1. The zero-order valence-electron chi connectivity index (χ0n) is 18.5. The van der Waals surface area contributed by atoms with Gasteiger partial charge >= 0.3 is 6.18 Å². The Morgan fingerprint density at radius 1 is 1.12 bits per heavy atom. The fraction of sp³-hybridized carbons (Fsp3) is 0.591. The number of aromatic nitrogens is 2. The normalized spacial score (nSPS) is 16.9. The number of amides is 1. The van der Waals surface area contributed by atoms with Gasteiger partial charge in [-0.3, -0.25) is 14.2 Å². The van der Waals surface area contributed by atoms with Crippen molar-refractivity contribution in [1.29, 1.82) is 0 Å². The molecule has 3 rings (SSSR count). The molecule has 1 amide bonds. The lowest BCUT2D eigenvalue weighted by molar-refractivity contribution is -0.142. The number of halogens is 3. The van der Waals surface area contributed by atoms with Gasteiger partial charge in [-0.2, -0.15) is 13.2 Å². The van der Waals surface area contributed by atoms with E-state index in [1.807, 2.05) is 0 Å². The van der Waals surface area contributed by atoms with Crippen LogP contribution in [0.2, 0.25) is 0 Å². The number of carbonyl (C=O) groups excluding carboxylic acids is 1. The van der Waals surface area contributed by atoms with E-state index in [0.29, 0.717) is 6.54 Å². The zero-order valence-corrected chi connectivity index (χ0v) is 18.5. The number of fused-ring (bicyclic) bond motifs is 1. The van der Waals surface area contributed by atoms with Crippen molar-refractivity contribution in [3.63, 3.8) is 0 Å². The molecule has 176 valence electrons. The molecule has 1 fully saturated rings. The summed E-state index contributed by atoms with van der Waals surface area (Å²) in [4.78, 5) is 33.5. The molecule has 0 saturated carbocycles. The van der Waals surface area contributed by atoms with Crippen molar-refractivity contribution in [2.24, 2.45) is 0 Å². The van der Waals surface area contributed by atoms with Crippen LogP contribution in [0.5, 0.6) is 0 Å². The standard InChI is InChI=1S/C22H30F3N5O2/c1-3-10-28-12-14-29(15-13-28)11-6-9-26-20(31)16(2)30-18-8-5-4-7-17(18)27-19(21(30)32)22(23,24)25/h4-5,7-8,16H,3,6,9-15H2,1-2H3,(H,26,31)/t16-/m0/s1. The van der Waals surface area contributed by atoms with Crippen molar-refractivity contribution in [2.75, 3.05) is 45.8 Å². The molecule has 7 nitrogen and oxygen atoms in total. The van der Waals surface area contributed by atoms with Crippen LogP contribution in [0.1, 0.15) is 38.4 Å². The summed E-state index contributed by atoms with van der Waals surface area (Å²) in [7, 11) is 0. The lowest BCUT2D eigenvalue weighted by atomic mass is 10.2. The minimum atomic E-state index is -4.90. The van der Waals surface area contributed by atoms with Gasteiger partial charge in [-0.25, -0.2) is 4.98 Å². The minimum absolute atomic E-state index is 0.0151. The van der Waals surface area contributed by atoms with Crippen LogP contribution in [-0.4, -0.2) is 71.1 Å². The van der Waals surface area contributed by atoms with Gasteiger partial charge in [0.05, 0.1) is 11.0 Å². The van der Waals surface area contributed by atoms with Gasteiger partial charge in [0.15, 0.2) is 0 Å². The minimum Gasteiger partial charge on any atom is -0.354 e. The Labute approximate surface area is 185 Å². The third-order valence-corrected chi connectivity index (χ3v) is 5.79. The number of benzene rings is 1. The number of rotatable bonds is 8. The molecule has 0 unspecified atom stereocenters. The van der Waals surface area contributed by atoms with Crippen molar-refractivity contribution in [2.45, 2.75) is 38.9 Å². The number of nitrogens with zero attached hydrogens (tertiary/aromatic N) is 4. The monoisotopic (exact) mass is 453 g/mol. The number of alkyl halides is 3. The molecule has 1 atom stereocenters. The first-order valence-corrected chi connectivity index (χ1v) is 11.0. The Morgan fingerprint density at radius 3 is 2.38 bits per heavy atom. The fourth-order valence-corrected chi connectivity index (χ4v) is 4.06. The average Bonchev–Trinajstić information content (AvgIpc) is 2.76. The number of nitrogens with one attached hydrogen (secondary N) is 1. The van der Waals surface area contributed by atoms with Crippen molar-refractivity contribution in [3.8, 4) is 0 Å². The molecule has 1 aromatic heterocycles. The maximum Gasteiger partial charge on any atom is 0.438 e. The Balaban J connectivity index is 1.62. The van der Waals surface area contributed by atoms with E-state index in [4.69, 9.17) is 0 Å². The predicted molar refractivity (Wildman–Crippen MR) is 117 cm³/mol. The van der Waals surface area contributed by atoms with Gasteiger partial charge in [0.1, 0.15) is 6.04 Å². The van der Waals surface area contributed by atoms with Crippen LogP contribution in [0.4, 0.5) is 13.2 Å². The quantitative estimate of drug-likeness (QED) is 0.622. The highest BCUT2D eigenvalue weighted by atomic mass is 19.4. The van der Waals surface area contributed by atoms with Crippen molar-refractivity contribution in [3.05, 3.63) is 40.3 Å². The lowest BCUT2D eigenvalue weighted by Gasteiger charge is -2.34. The molecule has 1 aliphatic heterocycles. The van der Waals surface area contributed by atoms with E-state index in [9.17, 15) is 22.8 Å². The van der Waals surface area contributed by atoms with E-state index in [0.717, 1.165) is 56.7 Å². The van der Waals surface area contributed by atoms with Gasteiger partial charge in [-0.15, -0.1) is 0 Å². The number of para-hydroxylation sites is 2. The Hall–Kier alpha value is -2.46. The summed E-state index contributed by atoms with van der Waals surface area (Å²) in [6, 6.07) is 4.92. The SMILES string of the molecule is CCCN1CCN(CCCNC(=O)[C@H](C)n2c(=O)c(C(F)(F)F)nc3ccccc32)CC1.